The van der Waals surface area contributed by atoms with E-state index < -0.39 is 0 Å². The van der Waals surface area contributed by atoms with Crippen molar-refractivity contribution in [2.45, 2.75) is 13.8 Å². The first-order chi connectivity index (χ1) is 9.97. The van der Waals surface area contributed by atoms with Crippen LogP contribution >= 0.6 is 12.2 Å². The summed E-state index contributed by atoms with van der Waals surface area (Å²) in [5, 5.41) is 0. The van der Waals surface area contributed by atoms with Crippen LogP contribution < -0.4 is 4.90 Å². The molecule has 0 atom stereocenters. The molecule has 4 nitrogen and oxygen atoms in total. The zero-order chi connectivity index (χ0) is 15.1. The maximum Gasteiger partial charge on any atom is 0.183 e. The lowest BCUT2D eigenvalue weighted by molar-refractivity contribution is 1.02. The third-order valence-electron chi connectivity index (χ3n) is 3.60. The fourth-order valence-corrected chi connectivity index (χ4v) is 2.84. The summed E-state index contributed by atoms with van der Waals surface area (Å²) < 4.78 is 2.65. The van der Waals surface area contributed by atoms with Crippen LogP contribution in [0.4, 0.5) is 5.69 Å². The molecule has 0 radical (unpaired) electrons. The van der Waals surface area contributed by atoms with Gasteiger partial charge < -0.3 is 9.88 Å². The maximum atomic E-state index is 5.47. The van der Waals surface area contributed by atoms with Gasteiger partial charge in [0, 0.05) is 25.5 Å². The molecule has 0 aliphatic carbocycles. The van der Waals surface area contributed by atoms with Gasteiger partial charge in [0.15, 0.2) is 10.4 Å². The first kappa shape index (κ1) is 13.8. The number of benzene rings is 1. The Morgan fingerprint density at radius 1 is 1.14 bits per heavy atom. The van der Waals surface area contributed by atoms with Crippen LogP contribution in [0, 0.1) is 18.6 Å². The first-order valence-electron chi connectivity index (χ1n) is 6.84. The summed E-state index contributed by atoms with van der Waals surface area (Å²) in [5.41, 5.74) is 6.24. The van der Waals surface area contributed by atoms with Crippen molar-refractivity contribution in [1.29, 1.82) is 0 Å². The molecule has 0 saturated heterocycles. The highest BCUT2D eigenvalue weighted by Gasteiger charge is 2.10. The minimum absolute atomic E-state index is 0.664. The van der Waals surface area contributed by atoms with E-state index in [-0.39, 0.29) is 0 Å². The zero-order valence-corrected chi connectivity index (χ0v) is 13.5. The minimum Gasteiger partial charge on any atom is -0.377 e. The molecule has 2 aromatic heterocycles. The van der Waals surface area contributed by atoms with Crippen molar-refractivity contribution in [3.63, 3.8) is 0 Å². The van der Waals surface area contributed by atoms with Crippen LogP contribution in [-0.2, 0) is 0 Å². The van der Waals surface area contributed by atoms with Gasteiger partial charge in [-0.3, -0.25) is 4.57 Å². The van der Waals surface area contributed by atoms with Gasteiger partial charge in [-0.15, -0.1) is 0 Å². The molecule has 0 amide bonds. The Bertz CT molecular complexity index is 874. The van der Waals surface area contributed by atoms with Gasteiger partial charge in [0.1, 0.15) is 0 Å². The normalized spacial score (nSPS) is 11.0. The van der Waals surface area contributed by atoms with Gasteiger partial charge in [0.05, 0.1) is 11.2 Å². The van der Waals surface area contributed by atoms with Crippen LogP contribution in [0.25, 0.3) is 16.9 Å². The maximum absolute atomic E-state index is 5.47. The molecule has 1 N–H and O–H groups in total. The number of aromatic amines is 1. The number of rotatable bonds is 2. The summed E-state index contributed by atoms with van der Waals surface area (Å²) >= 11 is 5.47. The number of nitrogens with zero attached hydrogens (tertiary/aromatic N) is 3. The van der Waals surface area contributed by atoms with E-state index >= 15 is 0 Å². The number of aromatic nitrogens is 3. The van der Waals surface area contributed by atoms with Crippen molar-refractivity contribution in [2.75, 3.05) is 19.0 Å². The minimum atomic E-state index is 0.664. The van der Waals surface area contributed by atoms with E-state index in [9.17, 15) is 0 Å². The molecule has 0 aliphatic heterocycles. The Hall–Kier alpha value is -2.14. The van der Waals surface area contributed by atoms with Crippen molar-refractivity contribution < 1.29 is 0 Å². The number of pyridine rings is 1. The first-order valence-corrected chi connectivity index (χ1v) is 7.25. The summed E-state index contributed by atoms with van der Waals surface area (Å²) in [4.78, 5) is 9.95. The van der Waals surface area contributed by atoms with Gasteiger partial charge in [0.25, 0.3) is 0 Å². The van der Waals surface area contributed by atoms with Gasteiger partial charge in [-0.2, -0.15) is 0 Å². The second-order valence-electron chi connectivity index (χ2n) is 5.45. The fraction of sp³-hybridized carbons (Fsp3) is 0.250. The zero-order valence-electron chi connectivity index (χ0n) is 12.6. The molecule has 0 spiro atoms. The number of nitrogens with one attached hydrogen (secondary N) is 1. The standard InChI is InChI=1S/C16H18N4S/c1-10-5-7-12(9-14(10)19(3)4)20-15-13(18-16(20)21)8-6-11(2)17-15/h5-9H,1-4H3,(H,18,21). The van der Waals surface area contributed by atoms with Gasteiger partial charge in [-0.25, -0.2) is 4.98 Å². The van der Waals surface area contributed by atoms with Gasteiger partial charge in [-0.05, 0) is 55.9 Å². The van der Waals surface area contributed by atoms with Gasteiger partial charge in [0.2, 0.25) is 0 Å². The molecule has 0 saturated carbocycles. The lowest BCUT2D eigenvalue weighted by atomic mass is 10.1. The van der Waals surface area contributed by atoms with E-state index in [2.05, 4.69) is 40.0 Å². The lowest BCUT2D eigenvalue weighted by Crippen LogP contribution is -2.11. The Labute approximate surface area is 129 Å². The monoisotopic (exact) mass is 298 g/mol. The van der Waals surface area contributed by atoms with E-state index in [0.29, 0.717) is 4.77 Å². The number of H-pyrrole nitrogens is 1. The summed E-state index contributed by atoms with van der Waals surface area (Å²) in [5.74, 6) is 0. The number of hydrogen-bond acceptors (Lipinski definition) is 3. The SMILES string of the molecule is Cc1ccc2[nH]c(=S)n(-c3ccc(C)c(N(C)C)c3)c2n1. The number of hydrogen-bond donors (Lipinski definition) is 1. The van der Waals surface area contributed by atoms with Crippen LogP contribution in [0.2, 0.25) is 0 Å². The molecule has 3 rings (SSSR count). The smallest absolute Gasteiger partial charge is 0.183 e. The summed E-state index contributed by atoms with van der Waals surface area (Å²) in [6.07, 6.45) is 0. The Kier molecular flexibility index (Phi) is 3.29. The summed E-state index contributed by atoms with van der Waals surface area (Å²) in [7, 11) is 4.09. The Morgan fingerprint density at radius 3 is 2.62 bits per heavy atom. The molecule has 0 unspecified atom stereocenters. The van der Waals surface area contributed by atoms with Crippen LogP contribution in [0.15, 0.2) is 30.3 Å². The van der Waals surface area contributed by atoms with Crippen LogP contribution in [-0.4, -0.2) is 28.6 Å². The summed E-state index contributed by atoms with van der Waals surface area (Å²) in [6.45, 7) is 4.09. The number of imidazole rings is 1. The van der Waals surface area contributed by atoms with Crippen LogP contribution in [0.5, 0.6) is 0 Å². The predicted molar refractivity (Wildman–Crippen MR) is 90.1 cm³/mol. The topological polar surface area (TPSA) is 36.9 Å². The molecule has 5 heteroatoms. The third kappa shape index (κ3) is 2.34. The van der Waals surface area contributed by atoms with Crippen LogP contribution in [0.1, 0.15) is 11.3 Å². The van der Waals surface area contributed by atoms with E-state index in [4.69, 9.17) is 12.2 Å². The van der Waals surface area contributed by atoms with E-state index in [1.807, 2.05) is 37.7 Å². The highest BCUT2D eigenvalue weighted by Crippen LogP contribution is 2.24. The lowest BCUT2D eigenvalue weighted by Gasteiger charge is -2.17. The molecular formula is C16H18N4S. The van der Waals surface area contributed by atoms with E-state index in [1.165, 1.54) is 11.3 Å². The molecule has 108 valence electrons. The highest BCUT2D eigenvalue weighted by molar-refractivity contribution is 7.71. The number of fused-ring (bicyclic) bond motifs is 1. The average Bonchev–Trinajstić information content (AvgIpc) is 2.74. The third-order valence-corrected chi connectivity index (χ3v) is 3.89. The van der Waals surface area contributed by atoms with Crippen molar-refractivity contribution in [2.24, 2.45) is 0 Å². The molecule has 3 aromatic rings. The van der Waals surface area contributed by atoms with Crippen molar-refractivity contribution in [1.82, 2.24) is 14.5 Å². The molecule has 1 aromatic carbocycles. The largest absolute Gasteiger partial charge is 0.377 e. The Morgan fingerprint density at radius 2 is 1.90 bits per heavy atom. The molecule has 0 bridgehead atoms. The van der Waals surface area contributed by atoms with Gasteiger partial charge >= 0.3 is 0 Å². The van der Waals surface area contributed by atoms with E-state index in [0.717, 1.165) is 22.5 Å². The van der Waals surface area contributed by atoms with Gasteiger partial charge in [-0.1, -0.05) is 6.07 Å². The quantitative estimate of drug-likeness (QED) is 0.732. The van der Waals surface area contributed by atoms with E-state index in [1.54, 1.807) is 0 Å². The average molecular weight is 298 g/mol. The fourth-order valence-electron chi connectivity index (χ4n) is 2.54. The molecule has 2 heterocycles. The molecule has 0 fully saturated rings. The number of aryl methyl sites for hydroxylation is 2. The second kappa shape index (κ2) is 5.00. The predicted octanol–water partition coefficient (Wildman–Crippen LogP) is 3.77. The molecule has 21 heavy (non-hydrogen) atoms. The van der Waals surface area contributed by atoms with Crippen molar-refractivity contribution in [3.05, 3.63) is 46.4 Å². The van der Waals surface area contributed by atoms with Crippen molar-refractivity contribution in [3.8, 4) is 5.69 Å². The Balaban J connectivity index is 2.30. The molecular weight excluding hydrogens is 280 g/mol. The summed E-state index contributed by atoms with van der Waals surface area (Å²) in [6, 6.07) is 10.3. The highest BCUT2D eigenvalue weighted by atomic mass is 32.1. The second-order valence-corrected chi connectivity index (χ2v) is 5.84. The van der Waals surface area contributed by atoms with Crippen molar-refractivity contribution >= 4 is 29.1 Å². The molecule has 0 aliphatic rings. The number of anilines is 1. The van der Waals surface area contributed by atoms with Crippen LogP contribution in [0.3, 0.4) is 0 Å².